The van der Waals surface area contributed by atoms with Crippen molar-refractivity contribution in [2.75, 3.05) is 6.61 Å². The predicted octanol–water partition coefficient (Wildman–Crippen LogP) is 1.21. The van der Waals surface area contributed by atoms with Gasteiger partial charge < -0.3 is 14.6 Å². The lowest BCUT2D eigenvalue weighted by atomic mass is 9.97. The average molecular weight is 438 g/mol. The first kappa shape index (κ1) is 21.2. The SMILES string of the molecule is CC1C(n2ccc(-n3cncn3)nc2=O)OC(CO)(N=[N+]=[N-])C1OC(=O)c1ccccc1. The molecule has 2 aromatic heterocycles. The lowest BCUT2D eigenvalue weighted by Crippen LogP contribution is -2.45. The van der Waals surface area contributed by atoms with E-state index in [0.29, 0.717) is 0 Å². The molecule has 0 saturated carbocycles. The fourth-order valence-corrected chi connectivity index (χ4v) is 3.58. The normalized spacial score (nSPS) is 24.6. The third-order valence-electron chi connectivity index (χ3n) is 5.12. The number of hydrogen-bond donors (Lipinski definition) is 1. The van der Waals surface area contributed by atoms with Crippen molar-refractivity contribution in [3.05, 3.63) is 81.7 Å². The Kier molecular flexibility index (Phi) is 5.69. The van der Waals surface area contributed by atoms with Crippen molar-refractivity contribution in [1.82, 2.24) is 24.3 Å². The van der Waals surface area contributed by atoms with Crippen LogP contribution in [-0.4, -0.2) is 53.8 Å². The topological polar surface area (TPSA) is 170 Å². The molecule has 13 heteroatoms. The fourth-order valence-electron chi connectivity index (χ4n) is 3.58. The monoisotopic (exact) mass is 438 g/mol. The molecule has 1 fully saturated rings. The molecule has 164 valence electrons. The van der Waals surface area contributed by atoms with Crippen molar-refractivity contribution in [2.24, 2.45) is 11.0 Å². The molecule has 0 amide bonds. The van der Waals surface area contributed by atoms with Crippen molar-refractivity contribution in [3.8, 4) is 5.82 Å². The summed E-state index contributed by atoms with van der Waals surface area (Å²) in [4.78, 5) is 35.9. The summed E-state index contributed by atoms with van der Waals surface area (Å²) in [6, 6.07) is 9.72. The van der Waals surface area contributed by atoms with Gasteiger partial charge in [0.2, 0.25) is 5.72 Å². The van der Waals surface area contributed by atoms with Gasteiger partial charge in [-0.2, -0.15) is 10.1 Å². The number of benzene rings is 1. The zero-order valence-electron chi connectivity index (χ0n) is 16.8. The molecule has 0 aliphatic carbocycles. The van der Waals surface area contributed by atoms with Gasteiger partial charge in [-0.15, -0.1) is 0 Å². The number of aromatic nitrogens is 5. The number of hydrogen-bond acceptors (Lipinski definition) is 9. The average Bonchev–Trinajstić information content (AvgIpc) is 3.43. The van der Waals surface area contributed by atoms with Gasteiger partial charge in [0, 0.05) is 17.0 Å². The summed E-state index contributed by atoms with van der Waals surface area (Å²) in [5, 5.41) is 17.5. The maximum Gasteiger partial charge on any atom is 0.351 e. The van der Waals surface area contributed by atoms with Crippen LogP contribution in [0.2, 0.25) is 0 Å². The molecule has 3 heterocycles. The second kappa shape index (κ2) is 8.59. The van der Waals surface area contributed by atoms with E-state index >= 15 is 0 Å². The predicted molar refractivity (Wildman–Crippen MR) is 107 cm³/mol. The number of esters is 1. The van der Waals surface area contributed by atoms with Crippen LogP contribution in [-0.2, 0) is 9.47 Å². The molecule has 0 spiro atoms. The van der Waals surface area contributed by atoms with Crippen molar-refractivity contribution < 1.29 is 19.4 Å². The summed E-state index contributed by atoms with van der Waals surface area (Å²) in [7, 11) is 0. The van der Waals surface area contributed by atoms with Crippen molar-refractivity contribution in [3.63, 3.8) is 0 Å². The van der Waals surface area contributed by atoms with Gasteiger partial charge in [0.05, 0.1) is 12.2 Å². The highest BCUT2D eigenvalue weighted by atomic mass is 16.6. The first-order valence-corrected chi connectivity index (χ1v) is 9.54. The minimum absolute atomic E-state index is 0.241. The Morgan fingerprint density at radius 1 is 1.38 bits per heavy atom. The molecule has 1 aliphatic rings. The Balaban J connectivity index is 1.68. The number of rotatable bonds is 6. The highest BCUT2D eigenvalue weighted by molar-refractivity contribution is 5.89. The van der Waals surface area contributed by atoms with Gasteiger partial charge in [-0.25, -0.2) is 19.3 Å². The maximum absolute atomic E-state index is 12.7. The molecule has 1 N–H and O–H groups in total. The number of aliphatic hydroxyl groups excluding tert-OH is 1. The summed E-state index contributed by atoms with van der Waals surface area (Å²) < 4.78 is 13.9. The Hall–Kier alpha value is -4.06. The van der Waals surface area contributed by atoms with Crippen LogP contribution in [0.1, 0.15) is 23.5 Å². The molecule has 1 saturated heterocycles. The molecule has 4 unspecified atom stereocenters. The Labute approximate surface area is 180 Å². The van der Waals surface area contributed by atoms with Gasteiger partial charge in [0.25, 0.3) is 0 Å². The molecule has 4 atom stereocenters. The molecule has 32 heavy (non-hydrogen) atoms. The molecule has 1 aliphatic heterocycles. The summed E-state index contributed by atoms with van der Waals surface area (Å²) in [5.74, 6) is -1.13. The van der Waals surface area contributed by atoms with Gasteiger partial charge in [-0.05, 0) is 23.7 Å². The van der Waals surface area contributed by atoms with Gasteiger partial charge in [-0.3, -0.25) is 4.57 Å². The van der Waals surface area contributed by atoms with E-state index in [9.17, 15) is 14.7 Å². The summed E-state index contributed by atoms with van der Waals surface area (Å²) >= 11 is 0. The van der Waals surface area contributed by atoms with Crippen LogP contribution in [0.25, 0.3) is 16.3 Å². The Bertz CT molecular complexity index is 1210. The van der Waals surface area contributed by atoms with Crippen molar-refractivity contribution in [1.29, 1.82) is 0 Å². The number of carbonyl (C=O) groups is 1. The van der Waals surface area contributed by atoms with E-state index in [0.717, 1.165) is 0 Å². The summed E-state index contributed by atoms with van der Waals surface area (Å²) in [6.45, 7) is 0.875. The van der Waals surface area contributed by atoms with Gasteiger partial charge in [-0.1, -0.05) is 30.2 Å². The molecule has 0 radical (unpaired) electrons. The zero-order valence-corrected chi connectivity index (χ0v) is 16.8. The summed E-state index contributed by atoms with van der Waals surface area (Å²) in [6.07, 6.45) is 1.90. The first-order valence-electron chi connectivity index (χ1n) is 9.54. The zero-order chi connectivity index (χ0) is 22.7. The summed E-state index contributed by atoms with van der Waals surface area (Å²) in [5.41, 5.74) is 6.73. The fraction of sp³-hybridized carbons (Fsp3) is 0.316. The largest absolute Gasteiger partial charge is 0.455 e. The molecule has 3 aromatic rings. The van der Waals surface area contributed by atoms with Crippen molar-refractivity contribution in [2.45, 2.75) is 25.0 Å². The van der Waals surface area contributed by atoms with Crippen LogP contribution in [0.5, 0.6) is 0 Å². The van der Waals surface area contributed by atoms with E-state index in [1.54, 1.807) is 37.3 Å². The lowest BCUT2D eigenvalue weighted by molar-refractivity contribution is -0.126. The van der Waals surface area contributed by atoms with Crippen molar-refractivity contribution >= 4 is 5.97 Å². The number of carbonyl (C=O) groups excluding carboxylic acids is 1. The second-order valence-electron chi connectivity index (χ2n) is 7.07. The number of aliphatic hydroxyl groups is 1. The van der Waals surface area contributed by atoms with E-state index in [-0.39, 0.29) is 11.4 Å². The molecule has 13 nitrogen and oxygen atoms in total. The number of azide groups is 1. The Morgan fingerprint density at radius 2 is 2.16 bits per heavy atom. The second-order valence-corrected chi connectivity index (χ2v) is 7.07. The Morgan fingerprint density at radius 3 is 2.78 bits per heavy atom. The highest BCUT2D eigenvalue weighted by Crippen LogP contribution is 2.43. The quantitative estimate of drug-likeness (QED) is 0.259. The van der Waals surface area contributed by atoms with Crippen LogP contribution >= 0.6 is 0 Å². The van der Waals surface area contributed by atoms with E-state index in [1.165, 1.54) is 34.2 Å². The minimum atomic E-state index is -1.92. The van der Waals surface area contributed by atoms with E-state index in [2.05, 4.69) is 25.1 Å². The molecule has 1 aromatic carbocycles. The van der Waals surface area contributed by atoms with Crippen LogP contribution < -0.4 is 5.69 Å². The maximum atomic E-state index is 12.7. The molecular formula is C19H18N8O5. The molecule has 4 rings (SSSR count). The smallest absolute Gasteiger partial charge is 0.351 e. The number of nitrogens with zero attached hydrogens (tertiary/aromatic N) is 8. The van der Waals surface area contributed by atoms with E-state index in [1.807, 2.05) is 0 Å². The molecule has 0 bridgehead atoms. The lowest BCUT2D eigenvalue weighted by Gasteiger charge is -2.28. The third kappa shape index (κ3) is 3.71. The third-order valence-corrected chi connectivity index (χ3v) is 5.12. The number of ether oxygens (including phenoxy) is 2. The van der Waals surface area contributed by atoms with E-state index < -0.39 is 42.2 Å². The van der Waals surface area contributed by atoms with Gasteiger partial charge in [0.15, 0.2) is 5.82 Å². The standard InChI is InChI=1S/C19H18N8O5/c1-12-15(31-17(29)13-5-3-2-4-6-13)19(9-28,24-25-20)32-16(12)26-8-7-14(23-18(26)30)27-11-21-10-22-27/h2-8,10-12,15-16,28H,9H2,1H3. The van der Waals surface area contributed by atoms with E-state index in [4.69, 9.17) is 15.0 Å². The first-order chi connectivity index (χ1) is 15.5. The van der Waals surface area contributed by atoms with Crippen LogP contribution in [0.3, 0.4) is 0 Å². The highest BCUT2D eigenvalue weighted by Gasteiger charge is 2.56. The minimum Gasteiger partial charge on any atom is -0.455 e. The molecular weight excluding hydrogens is 420 g/mol. The van der Waals surface area contributed by atoms with Crippen LogP contribution in [0.15, 0.2) is 65.2 Å². The van der Waals surface area contributed by atoms with Crippen LogP contribution in [0, 0.1) is 5.92 Å². The van der Waals surface area contributed by atoms with Crippen LogP contribution in [0.4, 0.5) is 0 Å². The van der Waals surface area contributed by atoms with Gasteiger partial charge in [0.1, 0.15) is 25.0 Å². The van der Waals surface area contributed by atoms with Gasteiger partial charge >= 0.3 is 11.7 Å².